The first-order valence-corrected chi connectivity index (χ1v) is 5.35. The Hall–Kier alpha value is -0.610. The minimum atomic E-state index is -0.822. The molecule has 0 bridgehead atoms. The minimum absolute atomic E-state index is 0.0496. The first kappa shape index (κ1) is 14.4. The zero-order valence-electron chi connectivity index (χ0n) is 10.1. The molecule has 90 valence electrons. The Morgan fingerprint density at radius 3 is 2.27 bits per heavy atom. The van der Waals surface area contributed by atoms with E-state index in [9.17, 15) is 4.79 Å². The van der Waals surface area contributed by atoms with Crippen molar-refractivity contribution in [2.24, 2.45) is 11.3 Å². The van der Waals surface area contributed by atoms with E-state index in [1.165, 1.54) is 0 Å². The maximum absolute atomic E-state index is 10.9. The van der Waals surface area contributed by atoms with E-state index in [1.807, 2.05) is 27.7 Å². The molecule has 3 N–H and O–H groups in total. The van der Waals surface area contributed by atoms with Crippen molar-refractivity contribution in [3.8, 4) is 0 Å². The molecule has 15 heavy (non-hydrogen) atoms. The number of carboxylic acid groups (broad SMARTS) is 1. The largest absolute Gasteiger partial charge is 0.480 e. The number of rotatable bonds is 7. The molecule has 0 saturated carbocycles. The number of carboxylic acids is 1. The van der Waals surface area contributed by atoms with Gasteiger partial charge in [0, 0.05) is 18.6 Å². The second-order valence-corrected chi connectivity index (χ2v) is 5.22. The first-order chi connectivity index (χ1) is 6.78. The van der Waals surface area contributed by atoms with Gasteiger partial charge in [0.05, 0.1) is 0 Å². The van der Waals surface area contributed by atoms with Crippen molar-refractivity contribution in [3.63, 3.8) is 0 Å². The molecule has 0 radical (unpaired) electrons. The second-order valence-electron chi connectivity index (χ2n) is 5.22. The van der Waals surface area contributed by atoms with Gasteiger partial charge in [-0.25, -0.2) is 0 Å². The van der Waals surface area contributed by atoms with Crippen molar-refractivity contribution in [2.75, 3.05) is 13.2 Å². The van der Waals surface area contributed by atoms with Crippen LogP contribution in [0.25, 0.3) is 0 Å². The van der Waals surface area contributed by atoms with Crippen LogP contribution in [-0.2, 0) is 4.79 Å². The molecule has 1 atom stereocenters. The smallest absolute Gasteiger partial charge is 0.320 e. The van der Waals surface area contributed by atoms with Crippen LogP contribution in [0.2, 0.25) is 0 Å². The molecule has 0 fully saturated rings. The van der Waals surface area contributed by atoms with E-state index in [-0.39, 0.29) is 12.0 Å². The molecule has 0 rings (SSSR count). The molecule has 0 saturated heterocycles. The maximum Gasteiger partial charge on any atom is 0.320 e. The van der Waals surface area contributed by atoms with Gasteiger partial charge in [-0.1, -0.05) is 27.7 Å². The highest BCUT2D eigenvalue weighted by Crippen LogP contribution is 2.13. The summed E-state index contributed by atoms with van der Waals surface area (Å²) in [6, 6.07) is -0.518. The molecule has 4 nitrogen and oxygen atoms in total. The average Bonchev–Trinajstić information content (AvgIpc) is 2.11. The van der Waals surface area contributed by atoms with E-state index in [4.69, 9.17) is 10.2 Å². The van der Waals surface area contributed by atoms with Crippen LogP contribution >= 0.6 is 0 Å². The highest BCUT2D eigenvalue weighted by atomic mass is 16.4. The lowest BCUT2D eigenvalue weighted by Gasteiger charge is -2.25. The predicted molar refractivity (Wildman–Crippen MR) is 59.7 cm³/mol. The molecule has 0 heterocycles. The normalized spacial score (nSPS) is 14.3. The monoisotopic (exact) mass is 217 g/mol. The topological polar surface area (TPSA) is 69.6 Å². The van der Waals surface area contributed by atoms with Gasteiger partial charge in [0.25, 0.3) is 0 Å². The molecule has 0 amide bonds. The van der Waals surface area contributed by atoms with Crippen LogP contribution in [0, 0.1) is 11.3 Å². The van der Waals surface area contributed by atoms with E-state index < -0.39 is 12.0 Å². The van der Waals surface area contributed by atoms with Crippen LogP contribution in [0.3, 0.4) is 0 Å². The minimum Gasteiger partial charge on any atom is -0.480 e. The van der Waals surface area contributed by atoms with Crippen LogP contribution in [0.1, 0.15) is 34.1 Å². The number of carbonyl (C=O) groups is 1. The standard InChI is InChI=1S/C11H23NO3/c1-8(2)5-9(10(14)15)12-6-11(3,4)7-13/h8-9,12-13H,5-7H2,1-4H3,(H,14,15). The van der Waals surface area contributed by atoms with Crippen molar-refractivity contribution in [2.45, 2.75) is 40.2 Å². The lowest BCUT2D eigenvalue weighted by Crippen LogP contribution is -2.43. The van der Waals surface area contributed by atoms with Gasteiger partial charge in [-0.15, -0.1) is 0 Å². The molecule has 4 heteroatoms. The van der Waals surface area contributed by atoms with E-state index in [1.54, 1.807) is 0 Å². The van der Waals surface area contributed by atoms with E-state index in [0.29, 0.717) is 18.9 Å². The Balaban J connectivity index is 4.13. The summed E-state index contributed by atoms with van der Waals surface area (Å²) < 4.78 is 0. The fourth-order valence-corrected chi connectivity index (χ4v) is 1.20. The van der Waals surface area contributed by atoms with Gasteiger partial charge >= 0.3 is 5.97 Å². The van der Waals surface area contributed by atoms with Crippen molar-refractivity contribution >= 4 is 5.97 Å². The summed E-state index contributed by atoms with van der Waals surface area (Å²) in [6.45, 7) is 8.34. The third-order valence-corrected chi connectivity index (χ3v) is 2.26. The molecule has 0 spiro atoms. The average molecular weight is 217 g/mol. The number of aliphatic carboxylic acids is 1. The van der Waals surface area contributed by atoms with Crippen LogP contribution in [0.4, 0.5) is 0 Å². The maximum atomic E-state index is 10.9. The van der Waals surface area contributed by atoms with Crippen molar-refractivity contribution in [3.05, 3.63) is 0 Å². The number of aliphatic hydroxyl groups is 1. The summed E-state index contributed by atoms with van der Waals surface area (Å²) in [5, 5.41) is 21.0. The van der Waals surface area contributed by atoms with Crippen molar-refractivity contribution in [1.82, 2.24) is 5.32 Å². The third-order valence-electron chi connectivity index (χ3n) is 2.26. The fraction of sp³-hybridized carbons (Fsp3) is 0.909. The number of aliphatic hydroxyl groups excluding tert-OH is 1. The van der Waals surface area contributed by atoms with Crippen LogP contribution in [0.15, 0.2) is 0 Å². The number of nitrogens with one attached hydrogen (secondary N) is 1. The SMILES string of the molecule is CC(C)CC(NCC(C)(C)CO)C(=O)O. The zero-order chi connectivity index (χ0) is 12.1. The van der Waals surface area contributed by atoms with Gasteiger partial charge in [0.15, 0.2) is 0 Å². The summed E-state index contributed by atoms with van der Waals surface area (Å²) in [4.78, 5) is 10.9. The number of hydrogen-bond acceptors (Lipinski definition) is 3. The predicted octanol–water partition coefficient (Wildman–Crippen LogP) is 1.09. The Bertz CT molecular complexity index is 202. The van der Waals surface area contributed by atoms with E-state index in [2.05, 4.69) is 5.32 Å². The van der Waals surface area contributed by atoms with E-state index >= 15 is 0 Å². The van der Waals surface area contributed by atoms with Crippen LogP contribution < -0.4 is 5.32 Å². The highest BCUT2D eigenvalue weighted by Gasteiger charge is 2.23. The Morgan fingerprint density at radius 1 is 1.40 bits per heavy atom. The molecule has 0 aliphatic heterocycles. The van der Waals surface area contributed by atoms with Crippen molar-refractivity contribution < 1.29 is 15.0 Å². The molecule has 0 aromatic carbocycles. The third kappa shape index (κ3) is 6.47. The quantitative estimate of drug-likeness (QED) is 0.597. The zero-order valence-corrected chi connectivity index (χ0v) is 10.1. The molecule has 0 aromatic heterocycles. The second kappa shape index (κ2) is 6.08. The lowest BCUT2D eigenvalue weighted by atomic mass is 9.94. The summed E-state index contributed by atoms with van der Waals surface area (Å²) in [5.41, 5.74) is -0.273. The number of hydrogen-bond donors (Lipinski definition) is 3. The Labute approximate surface area is 91.7 Å². The summed E-state index contributed by atoms with van der Waals surface area (Å²) in [6.07, 6.45) is 0.608. The summed E-state index contributed by atoms with van der Waals surface area (Å²) >= 11 is 0. The fourth-order valence-electron chi connectivity index (χ4n) is 1.20. The van der Waals surface area contributed by atoms with Gasteiger partial charge in [0.1, 0.15) is 6.04 Å². The van der Waals surface area contributed by atoms with Crippen LogP contribution in [-0.4, -0.2) is 35.4 Å². The summed E-state index contributed by atoms with van der Waals surface area (Å²) in [5.74, 6) is -0.478. The molecular formula is C11H23NO3. The molecule has 0 aliphatic rings. The van der Waals surface area contributed by atoms with Gasteiger partial charge in [-0.2, -0.15) is 0 Å². The Morgan fingerprint density at radius 2 is 1.93 bits per heavy atom. The molecule has 0 aromatic rings. The Kier molecular flexibility index (Phi) is 5.83. The van der Waals surface area contributed by atoms with E-state index in [0.717, 1.165) is 0 Å². The first-order valence-electron chi connectivity index (χ1n) is 5.35. The summed E-state index contributed by atoms with van der Waals surface area (Å²) in [7, 11) is 0. The molecule has 0 aliphatic carbocycles. The van der Waals surface area contributed by atoms with Gasteiger partial charge < -0.3 is 15.5 Å². The van der Waals surface area contributed by atoms with Gasteiger partial charge in [-0.05, 0) is 12.3 Å². The highest BCUT2D eigenvalue weighted by molar-refractivity contribution is 5.73. The van der Waals surface area contributed by atoms with Gasteiger partial charge in [-0.3, -0.25) is 4.79 Å². The molecular weight excluding hydrogens is 194 g/mol. The van der Waals surface area contributed by atoms with Crippen LogP contribution in [0.5, 0.6) is 0 Å². The van der Waals surface area contributed by atoms with Crippen molar-refractivity contribution in [1.29, 1.82) is 0 Å². The lowest BCUT2D eigenvalue weighted by molar-refractivity contribution is -0.140. The van der Waals surface area contributed by atoms with Gasteiger partial charge in [0.2, 0.25) is 0 Å². The molecule has 1 unspecified atom stereocenters.